The Kier molecular flexibility index (Phi) is 3.73. The van der Waals surface area contributed by atoms with Crippen LogP contribution in [0.1, 0.15) is 11.1 Å². The van der Waals surface area contributed by atoms with Crippen LogP contribution in [-0.4, -0.2) is 18.1 Å². The van der Waals surface area contributed by atoms with E-state index in [1.54, 1.807) is 12.1 Å². The number of oxime groups is 1. The number of halogens is 1. The minimum absolute atomic E-state index is 0.0582. The smallest absolute Gasteiger partial charge is 0.170 e. The van der Waals surface area contributed by atoms with Gasteiger partial charge in [0.15, 0.2) is 5.84 Å². The van der Waals surface area contributed by atoms with E-state index in [1.165, 1.54) is 0 Å². The van der Waals surface area contributed by atoms with Gasteiger partial charge in [0.1, 0.15) is 0 Å². The van der Waals surface area contributed by atoms with Crippen molar-refractivity contribution in [3.8, 4) is 0 Å². The van der Waals surface area contributed by atoms with Crippen LogP contribution in [0.3, 0.4) is 0 Å². The summed E-state index contributed by atoms with van der Waals surface area (Å²) in [5.41, 5.74) is 7.00. The molecule has 5 heteroatoms. The van der Waals surface area contributed by atoms with Gasteiger partial charge >= 0.3 is 0 Å². The number of benzene rings is 1. The van der Waals surface area contributed by atoms with Crippen molar-refractivity contribution in [2.75, 3.05) is 7.05 Å². The minimum atomic E-state index is 0.0582. The van der Waals surface area contributed by atoms with Crippen LogP contribution < -0.4 is 11.1 Å². The zero-order valence-electron chi connectivity index (χ0n) is 7.79. The molecule has 0 spiro atoms. The third-order valence-corrected chi connectivity index (χ3v) is 2.18. The summed E-state index contributed by atoms with van der Waals surface area (Å²) in [6.45, 7) is 0.690. The van der Waals surface area contributed by atoms with Crippen molar-refractivity contribution in [1.82, 2.24) is 5.32 Å². The number of rotatable bonds is 3. The molecule has 0 amide bonds. The van der Waals surface area contributed by atoms with Gasteiger partial charge in [-0.15, -0.1) is 0 Å². The van der Waals surface area contributed by atoms with Crippen LogP contribution in [-0.2, 0) is 6.54 Å². The lowest BCUT2D eigenvalue weighted by molar-refractivity contribution is 0.318. The summed E-state index contributed by atoms with van der Waals surface area (Å²) in [5, 5.41) is 14.9. The van der Waals surface area contributed by atoms with E-state index < -0.39 is 0 Å². The first-order valence-electron chi connectivity index (χ1n) is 4.10. The monoisotopic (exact) mass is 213 g/mol. The summed E-state index contributed by atoms with van der Waals surface area (Å²) in [6, 6.07) is 5.27. The molecule has 0 aromatic heterocycles. The minimum Gasteiger partial charge on any atom is -0.409 e. The van der Waals surface area contributed by atoms with Crippen LogP contribution in [0.5, 0.6) is 0 Å². The molecule has 1 aromatic rings. The fourth-order valence-corrected chi connectivity index (χ4v) is 1.35. The predicted octanol–water partition coefficient (Wildman–Crippen LogP) is 1.15. The van der Waals surface area contributed by atoms with Gasteiger partial charge in [-0.3, -0.25) is 0 Å². The summed E-state index contributed by atoms with van der Waals surface area (Å²) in [4.78, 5) is 0. The SMILES string of the molecule is CNCc1ccc(/C(N)=N/O)cc1Cl. The van der Waals surface area contributed by atoms with E-state index in [4.69, 9.17) is 22.5 Å². The first kappa shape index (κ1) is 10.8. The van der Waals surface area contributed by atoms with E-state index in [1.807, 2.05) is 13.1 Å². The van der Waals surface area contributed by atoms with Gasteiger partial charge < -0.3 is 16.3 Å². The van der Waals surface area contributed by atoms with Crippen LogP contribution in [0.15, 0.2) is 23.4 Å². The van der Waals surface area contributed by atoms with Crippen molar-refractivity contribution >= 4 is 17.4 Å². The average Bonchev–Trinajstić information content (AvgIpc) is 2.20. The van der Waals surface area contributed by atoms with Crippen LogP contribution in [0.4, 0.5) is 0 Å². The van der Waals surface area contributed by atoms with Crippen molar-refractivity contribution in [2.45, 2.75) is 6.54 Å². The second-order valence-electron chi connectivity index (χ2n) is 2.82. The lowest BCUT2D eigenvalue weighted by Gasteiger charge is -2.05. The van der Waals surface area contributed by atoms with Gasteiger partial charge in [0.2, 0.25) is 0 Å². The van der Waals surface area contributed by atoms with Gasteiger partial charge in [-0.1, -0.05) is 28.9 Å². The molecule has 14 heavy (non-hydrogen) atoms. The van der Waals surface area contributed by atoms with E-state index in [0.29, 0.717) is 17.1 Å². The van der Waals surface area contributed by atoms with E-state index in [2.05, 4.69) is 10.5 Å². The van der Waals surface area contributed by atoms with Crippen molar-refractivity contribution in [3.63, 3.8) is 0 Å². The van der Waals surface area contributed by atoms with Crippen molar-refractivity contribution in [3.05, 3.63) is 34.3 Å². The standard InChI is InChI=1S/C9H12ClN3O/c1-12-5-7-3-2-6(4-8(7)10)9(11)13-14/h2-4,12,14H,5H2,1H3,(H2,11,13). The first-order chi connectivity index (χ1) is 6.69. The van der Waals surface area contributed by atoms with E-state index in [9.17, 15) is 0 Å². The Bertz CT molecular complexity index is 352. The maximum Gasteiger partial charge on any atom is 0.170 e. The Morgan fingerprint density at radius 3 is 2.86 bits per heavy atom. The molecular formula is C9H12ClN3O. The maximum atomic E-state index is 8.46. The van der Waals surface area contributed by atoms with Gasteiger partial charge in [0, 0.05) is 17.1 Å². The molecule has 0 radical (unpaired) electrons. The number of nitrogens with zero attached hydrogens (tertiary/aromatic N) is 1. The molecule has 76 valence electrons. The van der Waals surface area contributed by atoms with E-state index >= 15 is 0 Å². The fraction of sp³-hybridized carbons (Fsp3) is 0.222. The number of amidine groups is 1. The first-order valence-corrected chi connectivity index (χ1v) is 4.47. The summed E-state index contributed by atoms with van der Waals surface area (Å²) in [6.07, 6.45) is 0. The molecule has 1 aromatic carbocycles. The molecule has 0 aliphatic carbocycles. The summed E-state index contributed by atoms with van der Waals surface area (Å²) in [5.74, 6) is 0.0582. The summed E-state index contributed by atoms with van der Waals surface area (Å²) < 4.78 is 0. The highest BCUT2D eigenvalue weighted by atomic mass is 35.5. The molecule has 0 aliphatic rings. The molecule has 0 bridgehead atoms. The van der Waals surface area contributed by atoms with Crippen LogP contribution in [0, 0.1) is 0 Å². The fourth-order valence-electron chi connectivity index (χ4n) is 1.10. The van der Waals surface area contributed by atoms with Gasteiger partial charge in [0.25, 0.3) is 0 Å². The largest absolute Gasteiger partial charge is 0.409 e. The van der Waals surface area contributed by atoms with Crippen molar-refractivity contribution in [2.24, 2.45) is 10.9 Å². The lowest BCUT2D eigenvalue weighted by atomic mass is 10.1. The highest BCUT2D eigenvalue weighted by molar-refractivity contribution is 6.31. The number of nitrogens with one attached hydrogen (secondary N) is 1. The van der Waals surface area contributed by atoms with Crippen LogP contribution in [0.2, 0.25) is 5.02 Å². The summed E-state index contributed by atoms with van der Waals surface area (Å²) >= 11 is 5.98. The molecule has 0 saturated carbocycles. The third kappa shape index (κ3) is 2.37. The number of nitrogens with two attached hydrogens (primary N) is 1. The zero-order valence-corrected chi connectivity index (χ0v) is 8.54. The Morgan fingerprint density at radius 1 is 1.64 bits per heavy atom. The molecule has 0 atom stereocenters. The van der Waals surface area contributed by atoms with E-state index in [0.717, 1.165) is 5.56 Å². The second kappa shape index (κ2) is 4.83. The number of hydrogen-bond donors (Lipinski definition) is 3. The molecule has 0 aliphatic heterocycles. The molecule has 4 nitrogen and oxygen atoms in total. The van der Waals surface area contributed by atoms with Gasteiger partial charge in [-0.05, 0) is 18.7 Å². The number of hydrogen-bond acceptors (Lipinski definition) is 3. The van der Waals surface area contributed by atoms with E-state index in [-0.39, 0.29) is 5.84 Å². The maximum absolute atomic E-state index is 8.46. The second-order valence-corrected chi connectivity index (χ2v) is 3.23. The van der Waals surface area contributed by atoms with Crippen molar-refractivity contribution in [1.29, 1.82) is 0 Å². The molecular weight excluding hydrogens is 202 g/mol. The lowest BCUT2D eigenvalue weighted by Crippen LogP contribution is -2.13. The van der Waals surface area contributed by atoms with Gasteiger partial charge in [0.05, 0.1) is 0 Å². The van der Waals surface area contributed by atoms with Gasteiger partial charge in [-0.2, -0.15) is 0 Å². The molecule has 0 heterocycles. The zero-order chi connectivity index (χ0) is 10.6. The molecule has 4 N–H and O–H groups in total. The van der Waals surface area contributed by atoms with Crippen LogP contribution >= 0.6 is 11.6 Å². The Labute approximate surface area is 87.4 Å². The molecule has 0 fully saturated rings. The average molecular weight is 214 g/mol. The Balaban J connectivity index is 3.00. The molecule has 1 rings (SSSR count). The highest BCUT2D eigenvalue weighted by Crippen LogP contribution is 2.17. The quantitative estimate of drug-likeness (QED) is 0.305. The normalized spacial score (nSPS) is 11.7. The topological polar surface area (TPSA) is 70.6 Å². The predicted molar refractivity (Wildman–Crippen MR) is 56.7 cm³/mol. The molecule has 0 saturated heterocycles. The van der Waals surface area contributed by atoms with Crippen molar-refractivity contribution < 1.29 is 5.21 Å². The van der Waals surface area contributed by atoms with Crippen LogP contribution in [0.25, 0.3) is 0 Å². The molecule has 0 unspecified atom stereocenters. The highest BCUT2D eigenvalue weighted by Gasteiger charge is 2.03. The third-order valence-electron chi connectivity index (χ3n) is 1.82. The Hall–Kier alpha value is -1.26. The van der Waals surface area contributed by atoms with Gasteiger partial charge in [-0.25, -0.2) is 0 Å². The Morgan fingerprint density at radius 2 is 2.36 bits per heavy atom. The summed E-state index contributed by atoms with van der Waals surface area (Å²) in [7, 11) is 1.84.